The highest BCUT2D eigenvalue weighted by Crippen LogP contribution is 2.28. The summed E-state index contributed by atoms with van der Waals surface area (Å²) in [5, 5.41) is 9.32. The Balaban J connectivity index is 3.53. The van der Waals surface area contributed by atoms with Crippen molar-refractivity contribution in [3.05, 3.63) is 0 Å². The number of alkyl halides is 1. The Bertz CT molecular complexity index is 150. The molecule has 0 aliphatic rings. The summed E-state index contributed by atoms with van der Waals surface area (Å²) < 4.78 is 0. The topological polar surface area (TPSA) is 20.2 Å². The van der Waals surface area contributed by atoms with Gasteiger partial charge in [-0.1, -0.05) is 65.2 Å². The quantitative estimate of drug-likeness (QED) is 0.407. The summed E-state index contributed by atoms with van der Waals surface area (Å²) >= 11 is 6.39. The van der Waals surface area contributed by atoms with E-state index in [1.807, 2.05) is 0 Å². The van der Waals surface area contributed by atoms with Crippen molar-refractivity contribution in [2.24, 2.45) is 0 Å². The fourth-order valence-corrected chi connectivity index (χ4v) is 2.27. The monoisotopic (exact) mass is 248 g/mol. The number of hydrogen-bond donors (Lipinski definition) is 1. The Hall–Kier alpha value is 0.250. The van der Waals surface area contributed by atoms with Crippen molar-refractivity contribution in [1.29, 1.82) is 0 Å². The summed E-state index contributed by atoms with van der Waals surface area (Å²) in [5.74, 6) is 0. The van der Waals surface area contributed by atoms with Crippen LogP contribution in [0.15, 0.2) is 0 Å². The molecule has 0 aliphatic heterocycles. The Morgan fingerprint density at radius 2 is 1.31 bits per heavy atom. The summed E-state index contributed by atoms with van der Waals surface area (Å²) in [6, 6.07) is 0. The fraction of sp³-hybridized carbons (Fsp3) is 1.00. The highest BCUT2D eigenvalue weighted by Gasteiger charge is 2.24. The average Bonchev–Trinajstić information content (AvgIpc) is 2.31. The van der Waals surface area contributed by atoms with Crippen molar-refractivity contribution >= 4 is 11.6 Å². The van der Waals surface area contributed by atoms with Gasteiger partial charge in [0.05, 0.1) is 11.5 Å². The van der Waals surface area contributed by atoms with E-state index in [1.54, 1.807) is 0 Å². The number of rotatable bonds is 11. The summed E-state index contributed by atoms with van der Waals surface area (Å²) in [5.41, 5.74) is 0. The molecule has 0 aromatic carbocycles. The molecule has 0 heterocycles. The van der Waals surface area contributed by atoms with Crippen LogP contribution in [0.5, 0.6) is 0 Å². The third-order valence-corrected chi connectivity index (χ3v) is 3.74. The smallest absolute Gasteiger partial charge is 0.0676 e. The van der Waals surface area contributed by atoms with Gasteiger partial charge < -0.3 is 5.11 Å². The van der Waals surface area contributed by atoms with Crippen LogP contribution in [0.1, 0.15) is 78.1 Å². The molecule has 0 radical (unpaired) electrons. The van der Waals surface area contributed by atoms with E-state index in [4.69, 9.17) is 11.6 Å². The maximum Gasteiger partial charge on any atom is 0.0676 e. The van der Waals surface area contributed by atoms with E-state index in [0.717, 1.165) is 32.1 Å². The first-order chi connectivity index (χ1) is 7.68. The van der Waals surface area contributed by atoms with Crippen molar-refractivity contribution in [1.82, 2.24) is 0 Å². The van der Waals surface area contributed by atoms with E-state index in [2.05, 4.69) is 13.8 Å². The van der Waals surface area contributed by atoms with Crippen molar-refractivity contribution in [3.8, 4) is 0 Å². The van der Waals surface area contributed by atoms with Gasteiger partial charge in [-0.2, -0.15) is 0 Å². The maximum absolute atomic E-state index is 9.32. The first kappa shape index (κ1) is 16.2. The van der Waals surface area contributed by atoms with Gasteiger partial charge in [0.15, 0.2) is 0 Å². The molecule has 0 bridgehead atoms. The number of aliphatic hydroxyl groups is 1. The minimum Gasteiger partial charge on any atom is -0.395 e. The molecule has 98 valence electrons. The minimum atomic E-state index is -0.333. The van der Waals surface area contributed by atoms with Crippen LogP contribution in [0.4, 0.5) is 0 Å². The predicted octanol–water partition coefficient (Wildman–Crippen LogP) is 4.90. The molecule has 0 aromatic heterocycles. The Labute approximate surface area is 107 Å². The van der Waals surface area contributed by atoms with E-state index in [0.29, 0.717) is 0 Å². The van der Waals surface area contributed by atoms with E-state index in [-0.39, 0.29) is 11.5 Å². The van der Waals surface area contributed by atoms with E-state index in [9.17, 15) is 5.11 Å². The molecule has 1 nitrogen and oxygen atoms in total. The van der Waals surface area contributed by atoms with Crippen molar-refractivity contribution in [2.45, 2.75) is 82.9 Å². The van der Waals surface area contributed by atoms with Crippen molar-refractivity contribution in [2.75, 3.05) is 6.61 Å². The molecule has 0 saturated heterocycles. The van der Waals surface area contributed by atoms with Gasteiger partial charge in [0.2, 0.25) is 0 Å². The fourth-order valence-electron chi connectivity index (χ4n) is 2.00. The van der Waals surface area contributed by atoms with Crippen LogP contribution in [0.2, 0.25) is 0 Å². The second-order valence-corrected chi connectivity index (χ2v) is 5.73. The first-order valence-electron chi connectivity index (χ1n) is 6.98. The zero-order chi connectivity index (χ0) is 12.3. The van der Waals surface area contributed by atoms with Crippen molar-refractivity contribution in [3.63, 3.8) is 0 Å². The Morgan fingerprint density at radius 1 is 0.812 bits per heavy atom. The molecule has 0 amide bonds. The van der Waals surface area contributed by atoms with Crippen LogP contribution in [0, 0.1) is 0 Å². The molecule has 0 aromatic rings. The third kappa shape index (κ3) is 8.41. The molecule has 0 fully saturated rings. The van der Waals surface area contributed by atoms with Crippen LogP contribution >= 0.6 is 11.6 Å². The molecule has 1 atom stereocenters. The Kier molecular flexibility index (Phi) is 10.6. The number of halogens is 1. The first-order valence-corrected chi connectivity index (χ1v) is 7.36. The molecule has 1 N–H and O–H groups in total. The lowest BCUT2D eigenvalue weighted by molar-refractivity contribution is 0.223. The highest BCUT2D eigenvalue weighted by molar-refractivity contribution is 6.24. The van der Waals surface area contributed by atoms with E-state index < -0.39 is 0 Å². The second-order valence-electron chi connectivity index (χ2n) is 4.93. The Morgan fingerprint density at radius 3 is 1.88 bits per heavy atom. The van der Waals surface area contributed by atoms with E-state index in [1.165, 1.54) is 32.1 Å². The summed E-state index contributed by atoms with van der Waals surface area (Å²) in [6.45, 7) is 4.53. The molecular formula is C14H29ClO. The van der Waals surface area contributed by atoms with Gasteiger partial charge in [0.25, 0.3) is 0 Å². The molecule has 0 spiro atoms. The molecular weight excluding hydrogens is 220 g/mol. The lowest BCUT2D eigenvalue weighted by Gasteiger charge is -2.24. The molecule has 16 heavy (non-hydrogen) atoms. The lowest BCUT2D eigenvalue weighted by atomic mass is 9.95. The average molecular weight is 249 g/mol. The van der Waals surface area contributed by atoms with Gasteiger partial charge >= 0.3 is 0 Å². The largest absolute Gasteiger partial charge is 0.395 e. The van der Waals surface area contributed by atoms with Crippen molar-refractivity contribution < 1.29 is 5.11 Å². The van der Waals surface area contributed by atoms with Gasteiger partial charge in [-0.3, -0.25) is 0 Å². The van der Waals surface area contributed by atoms with Gasteiger partial charge in [0.1, 0.15) is 0 Å². The lowest BCUT2D eigenvalue weighted by Crippen LogP contribution is -2.26. The number of unbranched alkanes of at least 4 members (excludes halogenated alkanes) is 6. The van der Waals surface area contributed by atoms with E-state index >= 15 is 0 Å². The SMILES string of the molecule is CCCCCCCCC(Cl)(CO)CCCC. The molecule has 0 saturated carbocycles. The van der Waals surface area contributed by atoms with Crippen LogP contribution in [0.25, 0.3) is 0 Å². The molecule has 0 rings (SSSR count). The second kappa shape index (κ2) is 10.4. The summed E-state index contributed by atoms with van der Waals surface area (Å²) in [7, 11) is 0. The zero-order valence-electron chi connectivity index (χ0n) is 11.1. The molecule has 0 aliphatic carbocycles. The summed E-state index contributed by atoms with van der Waals surface area (Å²) in [6.07, 6.45) is 11.9. The minimum absolute atomic E-state index is 0.128. The van der Waals surface area contributed by atoms with Gasteiger partial charge in [0, 0.05) is 0 Å². The zero-order valence-corrected chi connectivity index (χ0v) is 11.9. The number of aliphatic hydroxyl groups excluding tert-OH is 1. The van der Waals surface area contributed by atoms with Gasteiger partial charge in [-0.05, 0) is 12.8 Å². The van der Waals surface area contributed by atoms with Crippen LogP contribution in [-0.2, 0) is 0 Å². The molecule has 1 unspecified atom stereocenters. The highest BCUT2D eigenvalue weighted by atomic mass is 35.5. The van der Waals surface area contributed by atoms with Crippen LogP contribution in [-0.4, -0.2) is 16.6 Å². The van der Waals surface area contributed by atoms with Gasteiger partial charge in [-0.25, -0.2) is 0 Å². The standard InChI is InChI=1S/C14H29ClO/c1-3-5-7-8-9-10-12-14(15,13-16)11-6-4-2/h16H,3-13H2,1-2H3. The van der Waals surface area contributed by atoms with Crippen LogP contribution < -0.4 is 0 Å². The molecule has 2 heteroatoms. The normalized spacial score (nSPS) is 15.0. The third-order valence-electron chi connectivity index (χ3n) is 3.24. The predicted molar refractivity (Wildman–Crippen MR) is 73.2 cm³/mol. The number of hydrogen-bond acceptors (Lipinski definition) is 1. The summed E-state index contributed by atoms with van der Waals surface area (Å²) in [4.78, 5) is -0.333. The van der Waals surface area contributed by atoms with Gasteiger partial charge in [-0.15, -0.1) is 11.6 Å². The maximum atomic E-state index is 9.32. The van der Waals surface area contributed by atoms with Crippen LogP contribution in [0.3, 0.4) is 0 Å².